The fourth-order valence-electron chi connectivity index (χ4n) is 3.76. The van der Waals surface area contributed by atoms with Crippen LogP contribution in [0.5, 0.6) is 0 Å². The predicted molar refractivity (Wildman–Crippen MR) is 101 cm³/mol. The molecule has 8 heteroatoms. The first-order chi connectivity index (χ1) is 12.9. The quantitative estimate of drug-likeness (QED) is 0.844. The molecule has 0 bridgehead atoms. The Balaban J connectivity index is 1.48. The fourth-order valence-corrected chi connectivity index (χ4v) is 4.84. The zero-order valence-electron chi connectivity index (χ0n) is 15.8. The molecule has 6 nitrogen and oxygen atoms in total. The number of halogens is 1. The van der Waals surface area contributed by atoms with E-state index in [1.54, 1.807) is 30.9 Å². The van der Waals surface area contributed by atoms with Crippen molar-refractivity contribution in [3.8, 4) is 0 Å². The minimum Gasteiger partial charge on any atom is -0.371 e. The van der Waals surface area contributed by atoms with Gasteiger partial charge in [0.25, 0.3) is 0 Å². The lowest BCUT2D eigenvalue weighted by Gasteiger charge is -2.40. The Morgan fingerprint density at radius 3 is 2.67 bits per heavy atom. The van der Waals surface area contributed by atoms with Gasteiger partial charge < -0.3 is 24.3 Å². The lowest BCUT2D eigenvalue weighted by Crippen LogP contribution is -2.60. The summed E-state index contributed by atoms with van der Waals surface area (Å²) in [6.45, 7) is 6.18. The number of fused-ring (bicyclic) bond motifs is 3. The molecule has 1 aromatic rings. The van der Waals surface area contributed by atoms with Crippen molar-refractivity contribution in [2.75, 3.05) is 7.05 Å². The maximum atomic E-state index is 13.1. The SMILES string of the molecule is CN=C1N[C@@H]2[C@H]3OC(C)(C)O[C@@H]3[C@@H]([C@H](C)OCc3ccc(F)cc3)O[C@@H]2S1. The van der Waals surface area contributed by atoms with Crippen LogP contribution < -0.4 is 5.32 Å². The number of ether oxygens (including phenoxy) is 4. The third-order valence-corrected chi connectivity index (χ3v) is 6.20. The summed E-state index contributed by atoms with van der Waals surface area (Å²) in [5, 5.41) is 4.23. The molecule has 3 saturated heterocycles. The van der Waals surface area contributed by atoms with E-state index in [1.807, 2.05) is 20.8 Å². The number of aliphatic imine (C=N–C) groups is 1. The van der Waals surface area contributed by atoms with E-state index in [0.29, 0.717) is 6.61 Å². The molecule has 0 radical (unpaired) electrons. The van der Waals surface area contributed by atoms with Gasteiger partial charge in [0.15, 0.2) is 11.0 Å². The van der Waals surface area contributed by atoms with Crippen LogP contribution in [0, 0.1) is 5.82 Å². The Bertz CT molecular complexity index is 714. The smallest absolute Gasteiger partial charge is 0.164 e. The summed E-state index contributed by atoms with van der Waals surface area (Å²) < 4.78 is 37.8. The van der Waals surface area contributed by atoms with Gasteiger partial charge in [-0.15, -0.1) is 0 Å². The summed E-state index contributed by atoms with van der Waals surface area (Å²) in [7, 11) is 1.76. The highest BCUT2D eigenvalue weighted by atomic mass is 32.2. The van der Waals surface area contributed by atoms with Crippen molar-refractivity contribution in [1.29, 1.82) is 0 Å². The van der Waals surface area contributed by atoms with Crippen LogP contribution in [0.2, 0.25) is 0 Å². The van der Waals surface area contributed by atoms with Gasteiger partial charge in [0.1, 0.15) is 29.6 Å². The largest absolute Gasteiger partial charge is 0.371 e. The van der Waals surface area contributed by atoms with Gasteiger partial charge in [0, 0.05) is 7.05 Å². The molecule has 3 heterocycles. The van der Waals surface area contributed by atoms with Crippen molar-refractivity contribution in [3.05, 3.63) is 35.6 Å². The summed E-state index contributed by atoms with van der Waals surface area (Å²) >= 11 is 1.56. The molecule has 4 rings (SSSR count). The third-order valence-electron chi connectivity index (χ3n) is 5.04. The zero-order chi connectivity index (χ0) is 19.2. The van der Waals surface area contributed by atoms with Gasteiger partial charge >= 0.3 is 0 Å². The number of hydrogen-bond acceptors (Lipinski definition) is 6. The van der Waals surface area contributed by atoms with Crippen LogP contribution in [0.3, 0.4) is 0 Å². The van der Waals surface area contributed by atoms with E-state index < -0.39 is 5.79 Å². The molecule has 3 fully saturated rings. The lowest BCUT2D eigenvalue weighted by molar-refractivity contribution is -0.179. The number of hydrogen-bond donors (Lipinski definition) is 1. The second-order valence-corrected chi connectivity index (χ2v) is 8.58. The molecule has 0 unspecified atom stereocenters. The highest BCUT2D eigenvalue weighted by molar-refractivity contribution is 8.14. The summed E-state index contributed by atoms with van der Waals surface area (Å²) in [6.07, 6.45) is -0.880. The van der Waals surface area contributed by atoms with E-state index in [2.05, 4.69) is 10.3 Å². The second-order valence-electron chi connectivity index (χ2n) is 7.49. The summed E-state index contributed by atoms with van der Waals surface area (Å²) in [6, 6.07) is 6.30. The normalized spacial score (nSPS) is 36.9. The molecule has 0 amide bonds. The van der Waals surface area contributed by atoms with Crippen molar-refractivity contribution in [1.82, 2.24) is 5.32 Å². The Labute approximate surface area is 162 Å². The fraction of sp³-hybridized carbons (Fsp3) is 0.632. The third kappa shape index (κ3) is 3.86. The first kappa shape index (κ1) is 19.1. The molecule has 0 saturated carbocycles. The molecular formula is C19H25FN2O4S. The van der Waals surface area contributed by atoms with Gasteiger partial charge in [-0.3, -0.25) is 4.99 Å². The van der Waals surface area contributed by atoms with E-state index in [0.717, 1.165) is 10.7 Å². The van der Waals surface area contributed by atoms with E-state index in [4.69, 9.17) is 18.9 Å². The monoisotopic (exact) mass is 396 g/mol. The van der Waals surface area contributed by atoms with Crippen molar-refractivity contribution in [2.24, 2.45) is 4.99 Å². The minimum absolute atomic E-state index is 0.0129. The maximum Gasteiger partial charge on any atom is 0.164 e. The minimum atomic E-state index is -0.680. The number of amidine groups is 1. The Morgan fingerprint density at radius 2 is 1.96 bits per heavy atom. The van der Waals surface area contributed by atoms with Crippen LogP contribution >= 0.6 is 11.8 Å². The van der Waals surface area contributed by atoms with Crippen LogP contribution in [0.15, 0.2) is 29.3 Å². The van der Waals surface area contributed by atoms with Crippen molar-refractivity contribution in [3.63, 3.8) is 0 Å². The average Bonchev–Trinajstić information content (AvgIpc) is 3.19. The molecule has 27 heavy (non-hydrogen) atoms. The number of benzene rings is 1. The second kappa shape index (κ2) is 7.33. The predicted octanol–water partition coefficient (Wildman–Crippen LogP) is 2.67. The van der Waals surface area contributed by atoms with Crippen LogP contribution in [0.4, 0.5) is 4.39 Å². The molecule has 3 aliphatic rings. The van der Waals surface area contributed by atoms with Crippen LogP contribution in [0.25, 0.3) is 0 Å². The molecular weight excluding hydrogens is 371 g/mol. The van der Waals surface area contributed by atoms with Gasteiger partial charge in [-0.25, -0.2) is 4.39 Å². The van der Waals surface area contributed by atoms with Gasteiger partial charge in [0.2, 0.25) is 0 Å². The first-order valence-corrected chi connectivity index (χ1v) is 10.0. The topological polar surface area (TPSA) is 61.3 Å². The van der Waals surface area contributed by atoms with E-state index in [9.17, 15) is 4.39 Å². The van der Waals surface area contributed by atoms with Crippen molar-refractivity contribution < 1.29 is 23.3 Å². The molecule has 1 aromatic carbocycles. The number of nitrogens with one attached hydrogen (secondary N) is 1. The highest BCUT2D eigenvalue weighted by Crippen LogP contribution is 2.43. The highest BCUT2D eigenvalue weighted by Gasteiger charge is 2.58. The lowest BCUT2D eigenvalue weighted by atomic mass is 9.95. The average molecular weight is 396 g/mol. The Kier molecular flexibility index (Phi) is 5.20. The molecule has 0 aliphatic carbocycles. The zero-order valence-corrected chi connectivity index (χ0v) is 16.7. The summed E-state index contributed by atoms with van der Waals surface area (Å²) in [5.41, 5.74) is 0.805. The summed E-state index contributed by atoms with van der Waals surface area (Å²) in [5.74, 6) is -0.935. The molecule has 3 aliphatic heterocycles. The van der Waals surface area contributed by atoms with E-state index in [-0.39, 0.29) is 41.7 Å². The van der Waals surface area contributed by atoms with Crippen molar-refractivity contribution >= 4 is 16.9 Å². The van der Waals surface area contributed by atoms with E-state index in [1.165, 1.54) is 12.1 Å². The van der Waals surface area contributed by atoms with Gasteiger partial charge in [0.05, 0.1) is 18.8 Å². The Morgan fingerprint density at radius 1 is 1.26 bits per heavy atom. The van der Waals surface area contributed by atoms with Crippen LogP contribution in [0.1, 0.15) is 26.3 Å². The number of thioether (sulfide) groups is 1. The van der Waals surface area contributed by atoms with Gasteiger partial charge in [-0.2, -0.15) is 0 Å². The molecule has 0 aromatic heterocycles. The molecule has 6 atom stereocenters. The molecule has 148 valence electrons. The Hall–Kier alpha value is -1.19. The van der Waals surface area contributed by atoms with Crippen LogP contribution in [-0.4, -0.2) is 53.9 Å². The summed E-state index contributed by atoms with van der Waals surface area (Å²) in [4.78, 5) is 4.25. The standard InChI is InChI=1S/C19H25FN2O4S/c1-10(23-9-11-5-7-12(20)8-6-11)14-16-15(25-19(2,3)26-16)13-17(24-14)27-18(21-4)22-13/h5-8,10,13-17H,9H2,1-4H3,(H,21,22)/t10-,13+,14+,15+,16+,17+/m0/s1. The number of rotatable bonds is 4. The first-order valence-electron chi connectivity index (χ1n) is 9.13. The van der Waals surface area contributed by atoms with Gasteiger partial charge in [-0.1, -0.05) is 23.9 Å². The van der Waals surface area contributed by atoms with E-state index >= 15 is 0 Å². The van der Waals surface area contributed by atoms with Gasteiger partial charge in [-0.05, 0) is 38.5 Å². The number of nitrogens with zero attached hydrogens (tertiary/aromatic N) is 1. The maximum absolute atomic E-state index is 13.1. The van der Waals surface area contributed by atoms with Crippen LogP contribution in [-0.2, 0) is 25.6 Å². The molecule has 1 N–H and O–H groups in total. The van der Waals surface area contributed by atoms with Crippen molar-refractivity contribution in [2.45, 2.75) is 69.1 Å². The molecule has 0 spiro atoms.